The summed E-state index contributed by atoms with van der Waals surface area (Å²) in [6.45, 7) is 0.259. The van der Waals surface area contributed by atoms with Crippen LogP contribution >= 0.6 is 0 Å². The van der Waals surface area contributed by atoms with E-state index in [1.807, 2.05) is 0 Å². The number of hydrogen-bond donors (Lipinski definition) is 2. The molecule has 1 atom stereocenters. The second kappa shape index (κ2) is 5.65. The molecular formula is C15H15FN2O3. The molecule has 0 saturated heterocycles. The molecule has 3 rings (SSSR count). The van der Waals surface area contributed by atoms with Crippen molar-refractivity contribution in [1.29, 1.82) is 0 Å². The van der Waals surface area contributed by atoms with Crippen molar-refractivity contribution in [2.75, 3.05) is 0 Å². The number of aromatic nitrogens is 1. The molecule has 6 heteroatoms. The van der Waals surface area contributed by atoms with Gasteiger partial charge in [0.15, 0.2) is 5.76 Å². The summed E-state index contributed by atoms with van der Waals surface area (Å²) in [6, 6.07) is 5.37. The van der Waals surface area contributed by atoms with Crippen molar-refractivity contribution < 1.29 is 18.7 Å². The van der Waals surface area contributed by atoms with Gasteiger partial charge in [-0.1, -0.05) is 0 Å². The van der Waals surface area contributed by atoms with Gasteiger partial charge in [0.1, 0.15) is 11.9 Å². The Morgan fingerprint density at radius 1 is 1.43 bits per heavy atom. The second-order valence-electron chi connectivity index (χ2n) is 5.16. The Kier molecular flexibility index (Phi) is 3.70. The molecule has 110 valence electrons. The lowest BCUT2D eigenvalue weighted by Crippen LogP contribution is -2.38. The number of oxazole rings is 1. The smallest absolute Gasteiger partial charge is 0.320 e. The Hall–Kier alpha value is -2.21. The lowest BCUT2D eigenvalue weighted by molar-refractivity contribution is -0.140. The van der Waals surface area contributed by atoms with Gasteiger partial charge in [0, 0.05) is 5.56 Å². The first kappa shape index (κ1) is 13.8. The first-order chi connectivity index (χ1) is 10.1. The minimum absolute atomic E-state index is 0.203. The van der Waals surface area contributed by atoms with Gasteiger partial charge in [0.25, 0.3) is 0 Å². The van der Waals surface area contributed by atoms with Gasteiger partial charge in [-0.15, -0.1) is 0 Å². The zero-order valence-electron chi connectivity index (χ0n) is 11.3. The average Bonchev–Trinajstić information content (AvgIpc) is 3.18. The molecule has 1 unspecified atom stereocenters. The Morgan fingerprint density at radius 2 is 2.14 bits per heavy atom. The van der Waals surface area contributed by atoms with Crippen LogP contribution in [0.3, 0.4) is 0 Å². The molecule has 0 bridgehead atoms. The highest BCUT2D eigenvalue weighted by Crippen LogP contribution is 2.33. The molecule has 0 aliphatic heterocycles. The van der Waals surface area contributed by atoms with Gasteiger partial charge in [-0.2, -0.15) is 0 Å². The van der Waals surface area contributed by atoms with Crippen LogP contribution in [0, 0.1) is 11.7 Å². The van der Waals surface area contributed by atoms with E-state index in [4.69, 9.17) is 9.52 Å². The van der Waals surface area contributed by atoms with E-state index in [0.717, 1.165) is 18.4 Å². The number of carboxylic acid groups (broad SMARTS) is 1. The molecule has 1 fully saturated rings. The summed E-state index contributed by atoms with van der Waals surface area (Å²) in [5, 5.41) is 12.1. The molecular weight excluding hydrogens is 275 g/mol. The van der Waals surface area contributed by atoms with Crippen molar-refractivity contribution >= 4 is 5.97 Å². The quantitative estimate of drug-likeness (QED) is 0.854. The van der Waals surface area contributed by atoms with Crippen LogP contribution in [0.25, 0.3) is 11.3 Å². The van der Waals surface area contributed by atoms with E-state index in [9.17, 15) is 9.18 Å². The monoisotopic (exact) mass is 290 g/mol. The second-order valence-corrected chi connectivity index (χ2v) is 5.16. The summed E-state index contributed by atoms with van der Waals surface area (Å²) in [5.41, 5.74) is 0.729. The SMILES string of the molecule is O=C(O)C(NCc1ncc(-c2ccc(F)cc2)o1)C1CC1. The van der Waals surface area contributed by atoms with Crippen LogP contribution in [0.4, 0.5) is 4.39 Å². The molecule has 5 nitrogen and oxygen atoms in total. The third-order valence-electron chi connectivity index (χ3n) is 3.51. The summed E-state index contributed by atoms with van der Waals surface area (Å²) in [7, 11) is 0. The fraction of sp³-hybridized carbons (Fsp3) is 0.333. The van der Waals surface area contributed by atoms with Crippen LogP contribution in [0.1, 0.15) is 18.7 Å². The number of carbonyl (C=O) groups is 1. The summed E-state index contributed by atoms with van der Waals surface area (Å²) in [4.78, 5) is 15.2. The molecule has 1 saturated carbocycles. The average molecular weight is 290 g/mol. The molecule has 0 spiro atoms. The van der Waals surface area contributed by atoms with E-state index in [1.54, 1.807) is 18.3 Å². The Morgan fingerprint density at radius 3 is 2.76 bits per heavy atom. The molecule has 1 aliphatic rings. The molecule has 2 aromatic rings. The van der Waals surface area contributed by atoms with E-state index in [-0.39, 0.29) is 18.3 Å². The molecule has 2 N–H and O–H groups in total. The molecule has 0 amide bonds. The zero-order valence-corrected chi connectivity index (χ0v) is 11.3. The van der Waals surface area contributed by atoms with Crippen molar-refractivity contribution in [3.8, 4) is 11.3 Å². The topological polar surface area (TPSA) is 75.4 Å². The molecule has 0 radical (unpaired) electrons. The van der Waals surface area contributed by atoms with Gasteiger partial charge in [-0.3, -0.25) is 10.1 Å². The lowest BCUT2D eigenvalue weighted by Gasteiger charge is -2.11. The van der Waals surface area contributed by atoms with Crippen LogP contribution in [-0.2, 0) is 11.3 Å². The third kappa shape index (κ3) is 3.28. The number of aliphatic carboxylic acids is 1. The van der Waals surface area contributed by atoms with Crippen molar-refractivity contribution in [3.63, 3.8) is 0 Å². The van der Waals surface area contributed by atoms with Crippen LogP contribution < -0.4 is 5.32 Å². The number of hydrogen-bond acceptors (Lipinski definition) is 4. The van der Waals surface area contributed by atoms with Crippen LogP contribution in [0.15, 0.2) is 34.9 Å². The number of benzene rings is 1. The van der Waals surface area contributed by atoms with Gasteiger partial charge in [-0.25, -0.2) is 9.37 Å². The van der Waals surface area contributed by atoms with E-state index in [0.29, 0.717) is 11.7 Å². The van der Waals surface area contributed by atoms with Crippen LogP contribution in [0.2, 0.25) is 0 Å². The number of halogens is 1. The third-order valence-corrected chi connectivity index (χ3v) is 3.51. The minimum atomic E-state index is -0.845. The molecule has 1 aromatic carbocycles. The number of nitrogens with zero attached hydrogens (tertiary/aromatic N) is 1. The van der Waals surface area contributed by atoms with E-state index in [2.05, 4.69) is 10.3 Å². The van der Waals surface area contributed by atoms with Gasteiger partial charge in [-0.05, 0) is 43.0 Å². The van der Waals surface area contributed by atoms with E-state index >= 15 is 0 Å². The zero-order chi connectivity index (χ0) is 14.8. The summed E-state index contributed by atoms with van der Waals surface area (Å²) < 4.78 is 18.4. The summed E-state index contributed by atoms with van der Waals surface area (Å²) in [5.74, 6) is -0.00273. The van der Waals surface area contributed by atoms with Crippen molar-refractivity contribution in [2.45, 2.75) is 25.4 Å². The van der Waals surface area contributed by atoms with Crippen molar-refractivity contribution in [3.05, 3.63) is 42.2 Å². The normalized spacial score (nSPS) is 15.9. The maximum absolute atomic E-state index is 12.9. The Labute approximate surface area is 120 Å². The molecule has 21 heavy (non-hydrogen) atoms. The molecule has 1 aromatic heterocycles. The van der Waals surface area contributed by atoms with Gasteiger partial charge >= 0.3 is 5.97 Å². The predicted molar refractivity (Wildman–Crippen MR) is 72.9 cm³/mol. The van der Waals surface area contributed by atoms with Crippen LogP contribution in [-0.4, -0.2) is 22.1 Å². The van der Waals surface area contributed by atoms with Crippen molar-refractivity contribution in [2.24, 2.45) is 5.92 Å². The van der Waals surface area contributed by atoms with Gasteiger partial charge in [0.05, 0.1) is 12.7 Å². The van der Waals surface area contributed by atoms with Gasteiger partial charge in [0.2, 0.25) is 5.89 Å². The van der Waals surface area contributed by atoms with Crippen molar-refractivity contribution in [1.82, 2.24) is 10.3 Å². The summed E-state index contributed by atoms with van der Waals surface area (Å²) >= 11 is 0. The fourth-order valence-corrected chi connectivity index (χ4v) is 2.22. The highest BCUT2D eigenvalue weighted by atomic mass is 19.1. The maximum atomic E-state index is 12.9. The predicted octanol–water partition coefficient (Wildman–Crippen LogP) is 2.43. The highest BCUT2D eigenvalue weighted by molar-refractivity contribution is 5.74. The first-order valence-electron chi connectivity index (χ1n) is 6.80. The molecule has 1 aliphatic carbocycles. The Bertz CT molecular complexity index is 635. The maximum Gasteiger partial charge on any atom is 0.320 e. The number of carboxylic acids is 1. The number of nitrogens with one attached hydrogen (secondary N) is 1. The molecule has 1 heterocycles. The first-order valence-corrected chi connectivity index (χ1v) is 6.80. The highest BCUT2D eigenvalue weighted by Gasteiger charge is 2.35. The fourth-order valence-electron chi connectivity index (χ4n) is 2.22. The van der Waals surface area contributed by atoms with Gasteiger partial charge < -0.3 is 9.52 Å². The van der Waals surface area contributed by atoms with Crippen LogP contribution in [0.5, 0.6) is 0 Å². The minimum Gasteiger partial charge on any atom is -0.480 e. The largest absolute Gasteiger partial charge is 0.480 e. The summed E-state index contributed by atoms with van der Waals surface area (Å²) in [6.07, 6.45) is 3.43. The standard InChI is InChI=1S/C15H15FN2O3/c16-11-5-3-9(4-6-11)12-7-17-13(21-12)8-18-14(15(19)20)10-1-2-10/h3-7,10,14,18H,1-2,8H2,(H,19,20). The van der Waals surface area contributed by atoms with E-state index < -0.39 is 12.0 Å². The van der Waals surface area contributed by atoms with E-state index in [1.165, 1.54) is 12.1 Å². The Balaban J connectivity index is 1.64. The number of rotatable bonds is 6. The lowest BCUT2D eigenvalue weighted by atomic mass is 10.2.